The molecule has 0 spiro atoms. The molecule has 0 saturated carbocycles. The zero-order chi connectivity index (χ0) is 78.3. The zero-order valence-corrected chi connectivity index (χ0v) is 65.5. The van der Waals surface area contributed by atoms with Crippen LogP contribution in [0.3, 0.4) is 0 Å². The third-order valence-corrected chi connectivity index (χ3v) is 18.5. The van der Waals surface area contributed by atoms with E-state index in [4.69, 9.17) is 114 Å². The molecule has 34 nitrogen and oxygen atoms in total. The van der Waals surface area contributed by atoms with Crippen LogP contribution in [0, 0.1) is 0 Å². The van der Waals surface area contributed by atoms with Crippen molar-refractivity contribution >= 4 is 57.4 Å². The van der Waals surface area contributed by atoms with Gasteiger partial charge >= 0.3 is 5.97 Å². The standard InChI is InChI=1S/C73H116N2O32S2/c1-72(2)63-56-60(109(81,82)83)11-13-65(63)75(16-18-103-105-54-52-101-50-48-99-46-44-97-42-40-95-38-36-93-34-32-91-30-28-89-26-24-87-22-20-85-5)67(72)57-61-70(78)62(71(61)79)58-68-73(3,64-55-59(108-107-106-80)10-12-66(64)74(68)15-8-6-7-9-69(76)77)14-17-102-104-53-51-100-49-47-98-45-43-96-41-39-94-37-35-92-33-31-90-29-27-88-25-23-86-21-19-84-4/h10-13,55-58,67H,6-9,14-54H2,1-5H3,(H2-,76,77,80,81,82,83)/p+1. The molecular weight excluding hydrogens is 1480 g/mol. The quantitative estimate of drug-likeness (QED) is 0.0182. The Morgan fingerprint density at radius 2 is 0.890 bits per heavy atom. The van der Waals surface area contributed by atoms with Crippen LogP contribution in [0.15, 0.2) is 55.8 Å². The molecule has 3 aromatic rings. The molecule has 2 aliphatic heterocycles. The third kappa shape index (κ3) is 37.5. The lowest BCUT2D eigenvalue weighted by Gasteiger charge is -2.32. The molecule has 0 bridgehead atoms. The maximum atomic E-state index is 14.6. The van der Waals surface area contributed by atoms with Crippen LogP contribution in [0.4, 0.5) is 11.4 Å². The van der Waals surface area contributed by atoms with E-state index in [-0.39, 0.29) is 74.4 Å². The van der Waals surface area contributed by atoms with E-state index in [1.54, 1.807) is 38.5 Å². The molecule has 2 unspecified atom stereocenters. The Morgan fingerprint density at radius 3 is 1.28 bits per heavy atom. The second kappa shape index (κ2) is 58.3. The molecule has 622 valence electrons. The Labute approximate surface area is 642 Å². The summed E-state index contributed by atoms with van der Waals surface area (Å²) in [6.07, 6.45) is 5.01. The molecule has 5 rings (SSSR count). The van der Waals surface area contributed by atoms with E-state index in [1.165, 1.54) is 12.1 Å². The lowest BCUT2D eigenvalue weighted by atomic mass is 9.76. The predicted octanol–water partition coefficient (Wildman–Crippen LogP) is 3.23. The van der Waals surface area contributed by atoms with Gasteiger partial charge in [-0.3, -0.25) is 18.9 Å². The van der Waals surface area contributed by atoms with E-state index in [0.29, 0.717) is 259 Å². The highest BCUT2D eigenvalue weighted by Gasteiger charge is 2.49. The van der Waals surface area contributed by atoms with E-state index in [9.17, 15) is 32.5 Å². The van der Waals surface area contributed by atoms with Gasteiger partial charge in [0.25, 0.3) is 10.1 Å². The van der Waals surface area contributed by atoms with E-state index in [2.05, 4.69) is 5.04 Å². The van der Waals surface area contributed by atoms with Crippen molar-refractivity contribution in [1.29, 1.82) is 0 Å². The van der Waals surface area contributed by atoms with Crippen molar-refractivity contribution in [2.75, 3.05) is 283 Å². The number of methoxy groups -OCH3 is 2. The van der Waals surface area contributed by atoms with Crippen LogP contribution in [0.25, 0.3) is 12.2 Å². The summed E-state index contributed by atoms with van der Waals surface area (Å²) in [5.41, 5.74) is 0.296. The van der Waals surface area contributed by atoms with E-state index >= 15 is 0 Å². The van der Waals surface area contributed by atoms with Crippen LogP contribution >= 0.6 is 12.0 Å². The number of benzene rings is 2. The minimum atomic E-state index is -4.62. The normalized spacial score (nSPS) is 15.5. The first-order valence-corrected chi connectivity index (χ1v) is 39.1. The number of carboxylic acid groups (broad SMARTS) is 1. The average molecular weight is 1600 g/mol. The monoisotopic (exact) mass is 1600 g/mol. The first-order valence-electron chi connectivity index (χ1n) is 36.9. The first-order chi connectivity index (χ1) is 53.1. The van der Waals surface area contributed by atoms with Gasteiger partial charge in [0, 0.05) is 67.3 Å². The number of nitrogens with zero attached hydrogens (tertiary/aromatic N) is 2. The van der Waals surface area contributed by atoms with Gasteiger partial charge in [-0.15, -0.1) is 4.33 Å². The van der Waals surface area contributed by atoms with Gasteiger partial charge < -0.3 is 95.3 Å². The maximum absolute atomic E-state index is 14.6. The largest absolute Gasteiger partial charge is 0.481 e. The number of ether oxygens (including phenoxy) is 18. The van der Waals surface area contributed by atoms with Crippen molar-refractivity contribution in [3.05, 3.63) is 78.4 Å². The minimum absolute atomic E-state index is 0.00486. The molecule has 3 aromatic carbocycles. The summed E-state index contributed by atoms with van der Waals surface area (Å²) in [6, 6.07) is 8.99. The molecule has 109 heavy (non-hydrogen) atoms. The number of fused-ring (bicyclic) bond motifs is 2. The van der Waals surface area contributed by atoms with Crippen LogP contribution in [0.2, 0.25) is 0 Å². The van der Waals surface area contributed by atoms with Crippen molar-refractivity contribution in [3.8, 4) is 0 Å². The average Bonchev–Trinajstić information content (AvgIpc) is 1.59. The third-order valence-electron chi connectivity index (χ3n) is 17.0. The van der Waals surface area contributed by atoms with Gasteiger partial charge in [-0.2, -0.15) is 13.0 Å². The highest BCUT2D eigenvalue weighted by Crippen LogP contribution is 2.47. The molecule has 0 fully saturated rings. The smallest absolute Gasteiger partial charge is 0.303 e. The second-order valence-electron chi connectivity index (χ2n) is 25.1. The molecule has 0 aromatic heterocycles. The van der Waals surface area contributed by atoms with Crippen LogP contribution < -0.4 is 26.2 Å². The molecule has 0 radical (unpaired) electrons. The number of hydrogen-bond donors (Lipinski definition) is 3. The second-order valence-corrected chi connectivity index (χ2v) is 27.3. The summed E-state index contributed by atoms with van der Waals surface area (Å²) in [6.45, 7) is 20.9. The highest BCUT2D eigenvalue weighted by molar-refractivity contribution is 7.94. The van der Waals surface area contributed by atoms with Gasteiger partial charge in [-0.1, -0.05) is 18.9 Å². The molecule has 2 heterocycles. The fourth-order valence-electron chi connectivity index (χ4n) is 11.4. The van der Waals surface area contributed by atoms with Crippen molar-refractivity contribution in [2.24, 2.45) is 0 Å². The Morgan fingerprint density at radius 1 is 0.495 bits per heavy atom. The number of aliphatic carboxylic acids is 1. The van der Waals surface area contributed by atoms with Gasteiger partial charge in [0.05, 0.1) is 277 Å². The summed E-state index contributed by atoms with van der Waals surface area (Å²) in [4.78, 5) is 65.2. The lowest BCUT2D eigenvalue weighted by molar-refractivity contribution is -0.437. The van der Waals surface area contributed by atoms with Crippen LogP contribution in [0.1, 0.15) is 64.0 Å². The number of rotatable bonds is 74. The Kier molecular flexibility index (Phi) is 50.9. The SMILES string of the molecule is COCCOCCOCCOCCOCCOCCOCCOCCOCCOOCCN1c2ccc(S(=O)(=O)O)cc2C(C)(C)C1C=c1c(=O)c(=CC2=[N+](CCCCCC(=O)O)c3ccc(SOOO)cc3C2(C)CCOOCCOCCOCCOCCOCCOCCOCCOCCOCCOC)c1=O. The summed E-state index contributed by atoms with van der Waals surface area (Å²) in [5, 5.41) is 22.2. The molecule has 2 aliphatic rings. The number of unbranched alkanes of at least 4 members (excludes halogenated alkanes) is 2. The minimum Gasteiger partial charge on any atom is -0.481 e. The Bertz CT molecular complexity index is 3240. The van der Waals surface area contributed by atoms with Crippen LogP contribution in [-0.4, -0.2) is 324 Å². The fraction of sp³-hybridized carbons (Fsp3) is 0.726. The summed E-state index contributed by atoms with van der Waals surface area (Å²) in [5.74, 6) is -0.909. The number of hydrogen-bond acceptors (Lipinski definition) is 32. The number of anilines is 1. The Hall–Kier alpha value is -4.54. The van der Waals surface area contributed by atoms with Crippen molar-refractivity contribution < 1.29 is 147 Å². The molecule has 36 heteroatoms. The molecule has 0 aliphatic carbocycles. The first kappa shape index (κ1) is 95.1. The van der Waals surface area contributed by atoms with Crippen molar-refractivity contribution in [2.45, 2.75) is 79.5 Å². The summed E-state index contributed by atoms with van der Waals surface area (Å²) >= 11 is 0.763. The van der Waals surface area contributed by atoms with Crippen LogP contribution in [0.5, 0.6) is 0 Å². The fourth-order valence-corrected chi connectivity index (χ4v) is 12.3. The molecule has 3 N–H and O–H groups in total. The van der Waals surface area contributed by atoms with Gasteiger partial charge in [-0.05, 0) is 68.2 Å². The topological polar surface area (TPSA) is 374 Å². The summed E-state index contributed by atoms with van der Waals surface area (Å²) in [7, 11) is -1.36. The highest BCUT2D eigenvalue weighted by atomic mass is 32.2. The molecule has 2 atom stereocenters. The number of carbonyl (C=O) groups is 1. The molecular formula is C73H117N2O32S2+. The van der Waals surface area contributed by atoms with Gasteiger partial charge in [0.15, 0.2) is 5.71 Å². The van der Waals surface area contributed by atoms with Crippen molar-refractivity contribution in [3.63, 3.8) is 0 Å². The number of carboxylic acids is 1. The van der Waals surface area contributed by atoms with Gasteiger partial charge in [-0.25, -0.2) is 24.8 Å². The zero-order valence-electron chi connectivity index (χ0n) is 63.9. The van der Waals surface area contributed by atoms with Crippen LogP contribution in [-0.2, 0) is 140 Å². The molecule has 0 saturated heterocycles. The summed E-state index contributed by atoms with van der Waals surface area (Å²) < 4.78 is 140. The van der Waals surface area contributed by atoms with E-state index in [0.717, 1.165) is 23.3 Å². The Balaban J connectivity index is 1.07. The van der Waals surface area contributed by atoms with E-state index < -0.39 is 43.8 Å². The maximum Gasteiger partial charge on any atom is 0.303 e. The van der Waals surface area contributed by atoms with Gasteiger partial charge in [0.2, 0.25) is 16.5 Å². The van der Waals surface area contributed by atoms with E-state index in [1.807, 2.05) is 42.4 Å². The molecule has 0 amide bonds. The van der Waals surface area contributed by atoms with Crippen molar-refractivity contribution in [1.82, 2.24) is 0 Å². The van der Waals surface area contributed by atoms with Gasteiger partial charge in [0.1, 0.15) is 19.8 Å². The predicted molar refractivity (Wildman–Crippen MR) is 396 cm³/mol. The lowest BCUT2D eigenvalue weighted by Crippen LogP contribution is -2.66.